The second-order valence-electron chi connectivity index (χ2n) is 5.00. The van der Waals surface area contributed by atoms with E-state index < -0.39 is 35.0 Å². The molecule has 0 saturated carbocycles. The molecule has 2 saturated heterocycles. The van der Waals surface area contributed by atoms with Crippen molar-refractivity contribution in [3.63, 3.8) is 0 Å². The van der Waals surface area contributed by atoms with Crippen molar-refractivity contribution in [3.05, 3.63) is 0 Å². The van der Waals surface area contributed by atoms with E-state index in [0.717, 1.165) is 0 Å². The number of esters is 2. The fourth-order valence-electron chi connectivity index (χ4n) is 2.67. The minimum atomic E-state index is -0.614. The Labute approximate surface area is 82.6 Å². The zero-order valence-corrected chi connectivity index (χ0v) is 8.79. The summed E-state index contributed by atoms with van der Waals surface area (Å²) < 4.78 is 10.4. The van der Waals surface area contributed by atoms with Gasteiger partial charge in [-0.1, -0.05) is 0 Å². The summed E-state index contributed by atoms with van der Waals surface area (Å²) in [6.45, 7) is 7.27. The van der Waals surface area contributed by atoms with Crippen LogP contribution in [-0.4, -0.2) is 23.1 Å². The van der Waals surface area contributed by atoms with E-state index in [1.807, 2.05) is 27.7 Å². The van der Waals surface area contributed by atoms with Crippen LogP contribution in [0.15, 0.2) is 0 Å². The number of carbonyl (C=O) groups excluding carboxylic acids is 2. The predicted molar refractivity (Wildman–Crippen MR) is 47.3 cm³/mol. The normalized spacial score (nSPS) is 38.3. The molecular formula is C10H14O4. The first-order valence-electron chi connectivity index (χ1n) is 4.71. The minimum absolute atomic E-state index is 0.449. The Hall–Kier alpha value is -0.900. The zero-order chi connectivity index (χ0) is 10.7. The summed E-state index contributed by atoms with van der Waals surface area (Å²) in [6.07, 6.45) is 0. The molecule has 0 aliphatic carbocycles. The number of hydrogen-bond acceptors (Lipinski definition) is 4. The molecule has 2 aliphatic heterocycles. The molecule has 2 fully saturated rings. The van der Waals surface area contributed by atoms with Crippen molar-refractivity contribution in [2.75, 3.05) is 0 Å². The Morgan fingerprint density at radius 2 is 1.29 bits per heavy atom. The van der Waals surface area contributed by atoms with Gasteiger partial charge in [-0.15, -0.1) is 0 Å². The average Bonchev–Trinajstić information content (AvgIpc) is 2.32. The zero-order valence-electron chi connectivity index (χ0n) is 8.79. The molecule has 0 aromatic rings. The van der Waals surface area contributed by atoms with Crippen molar-refractivity contribution in [2.24, 2.45) is 11.8 Å². The number of fused-ring (bicyclic) bond motifs is 1. The highest BCUT2D eigenvalue weighted by Crippen LogP contribution is 2.50. The maximum Gasteiger partial charge on any atom is 0.320 e. The van der Waals surface area contributed by atoms with Gasteiger partial charge < -0.3 is 9.47 Å². The third-order valence-corrected chi connectivity index (χ3v) is 3.07. The number of rotatable bonds is 0. The summed E-state index contributed by atoms with van der Waals surface area (Å²) in [5.41, 5.74) is -1.23. The van der Waals surface area contributed by atoms with Crippen LogP contribution in [0.1, 0.15) is 27.7 Å². The fraction of sp³-hybridized carbons (Fsp3) is 0.800. The fourth-order valence-corrected chi connectivity index (χ4v) is 2.67. The number of hydrogen-bond donors (Lipinski definition) is 0. The van der Waals surface area contributed by atoms with Crippen molar-refractivity contribution in [1.29, 1.82) is 0 Å². The van der Waals surface area contributed by atoms with Crippen molar-refractivity contribution < 1.29 is 19.1 Å². The van der Waals surface area contributed by atoms with Gasteiger partial charge in [-0.05, 0) is 27.7 Å². The summed E-state index contributed by atoms with van der Waals surface area (Å²) in [6, 6.07) is 0. The molecule has 0 aromatic carbocycles. The molecule has 0 spiro atoms. The molecule has 2 atom stereocenters. The molecule has 2 rings (SSSR count). The standard InChI is InChI=1S/C10H14O4/c1-9(2)5-6(10(3,4)14-9)8(12)13-7(5)11/h5-6H,1-4H3. The van der Waals surface area contributed by atoms with Crippen LogP contribution in [0.4, 0.5) is 0 Å². The largest absolute Gasteiger partial charge is 0.393 e. The van der Waals surface area contributed by atoms with E-state index in [-0.39, 0.29) is 0 Å². The Morgan fingerprint density at radius 1 is 0.929 bits per heavy atom. The molecule has 4 heteroatoms. The summed E-state index contributed by atoms with van der Waals surface area (Å²) >= 11 is 0. The van der Waals surface area contributed by atoms with Crippen LogP contribution in [-0.2, 0) is 19.1 Å². The van der Waals surface area contributed by atoms with Crippen LogP contribution in [0.2, 0.25) is 0 Å². The first kappa shape index (κ1) is 9.65. The van der Waals surface area contributed by atoms with E-state index in [1.165, 1.54) is 0 Å². The molecule has 2 aliphatic rings. The van der Waals surface area contributed by atoms with Crippen LogP contribution < -0.4 is 0 Å². The van der Waals surface area contributed by atoms with Gasteiger partial charge in [0.25, 0.3) is 0 Å². The predicted octanol–water partition coefficient (Wildman–Crippen LogP) is 0.890. The molecule has 14 heavy (non-hydrogen) atoms. The van der Waals surface area contributed by atoms with Gasteiger partial charge in [0.05, 0.1) is 11.2 Å². The lowest BCUT2D eigenvalue weighted by Gasteiger charge is -2.26. The lowest BCUT2D eigenvalue weighted by atomic mass is 9.79. The maximum atomic E-state index is 11.4. The number of cyclic esters (lactones) is 2. The lowest BCUT2D eigenvalue weighted by Crippen LogP contribution is -2.33. The van der Waals surface area contributed by atoms with E-state index in [9.17, 15) is 9.59 Å². The third-order valence-electron chi connectivity index (χ3n) is 3.07. The van der Waals surface area contributed by atoms with Crippen molar-refractivity contribution in [2.45, 2.75) is 38.9 Å². The van der Waals surface area contributed by atoms with Crippen LogP contribution in [0.5, 0.6) is 0 Å². The topological polar surface area (TPSA) is 52.6 Å². The molecule has 4 nitrogen and oxygen atoms in total. The Balaban J connectivity index is 2.47. The highest BCUT2D eigenvalue weighted by molar-refractivity contribution is 5.98. The molecule has 2 unspecified atom stereocenters. The maximum absolute atomic E-state index is 11.4. The Bertz CT molecular complexity index is 286. The van der Waals surface area contributed by atoms with E-state index >= 15 is 0 Å². The van der Waals surface area contributed by atoms with Gasteiger partial charge in [0.2, 0.25) is 0 Å². The Morgan fingerprint density at radius 3 is 1.64 bits per heavy atom. The third kappa shape index (κ3) is 1.03. The van der Waals surface area contributed by atoms with Gasteiger partial charge >= 0.3 is 11.9 Å². The van der Waals surface area contributed by atoms with Crippen LogP contribution in [0, 0.1) is 11.8 Å². The SMILES string of the molecule is CC1(C)OC(C)(C)C2C(=O)OC(=O)C21. The minimum Gasteiger partial charge on any atom is -0.393 e. The first-order chi connectivity index (χ1) is 6.26. The molecule has 0 N–H and O–H groups in total. The molecule has 2 heterocycles. The molecular weight excluding hydrogens is 184 g/mol. The summed E-state index contributed by atoms with van der Waals surface area (Å²) in [5, 5.41) is 0. The summed E-state index contributed by atoms with van der Waals surface area (Å²) in [7, 11) is 0. The van der Waals surface area contributed by atoms with Gasteiger partial charge in [0, 0.05) is 0 Å². The van der Waals surface area contributed by atoms with E-state index in [1.54, 1.807) is 0 Å². The van der Waals surface area contributed by atoms with E-state index in [0.29, 0.717) is 0 Å². The van der Waals surface area contributed by atoms with Crippen LogP contribution in [0.3, 0.4) is 0 Å². The smallest absolute Gasteiger partial charge is 0.320 e. The van der Waals surface area contributed by atoms with Gasteiger partial charge in [0.15, 0.2) is 0 Å². The van der Waals surface area contributed by atoms with E-state index in [4.69, 9.17) is 4.74 Å². The first-order valence-corrected chi connectivity index (χ1v) is 4.71. The van der Waals surface area contributed by atoms with Gasteiger partial charge in [-0.3, -0.25) is 9.59 Å². The quantitative estimate of drug-likeness (QED) is 0.428. The van der Waals surface area contributed by atoms with Crippen molar-refractivity contribution in [1.82, 2.24) is 0 Å². The van der Waals surface area contributed by atoms with Crippen molar-refractivity contribution in [3.8, 4) is 0 Å². The monoisotopic (exact) mass is 198 g/mol. The van der Waals surface area contributed by atoms with Crippen LogP contribution in [0.25, 0.3) is 0 Å². The van der Waals surface area contributed by atoms with Gasteiger partial charge in [-0.2, -0.15) is 0 Å². The number of ether oxygens (including phenoxy) is 2. The average molecular weight is 198 g/mol. The second kappa shape index (κ2) is 2.37. The van der Waals surface area contributed by atoms with Crippen LogP contribution >= 0.6 is 0 Å². The summed E-state index contributed by atoms with van der Waals surface area (Å²) in [5.74, 6) is -1.80. The second-order valence-corrected chi connectivity index (χ2v) is 5.00. The Kier molecular flexibility index (Phi) is 1.63. The lowest BCUT2D eigenvalue weighted by molar-refractivity contribution is -0.164. The van der Waals surface area contributed by atoms with Crippen molar-refractivity contribution >= 4 is 11.9 Å². The molecule has 0 bridgehead atoms. The highest BCUT2D eigenvalue weighted by Gasteiger charge is 2.65. The van der Waals surface area contributed by atoms with E-state index in [2.05, 4.69) is 4.74 Å². The highest BCUT2D eigenvalue weighted by atomic mass is 16.6. The number of carbonyl (C=O) groups is 2. The summed E-state index contributed by atoms with van der Waals surface area (Å²) in [4.78, 5) is 22.9. The van der Waals surface area contributed by atoms with Gasteiger partial charge in [-0.25, -0.2) is 0 Å². The molecule has 78 valence electrons. The molecule has 0 aromatic heterocycles. The molecule has 0 amide bonds. The molecule has 0 radical (unpaired) electrons. The van der Waals surface area contributed by atoms with Gasteiger partial charge in [0.1, 0.15) is 11.8 Å².